The summed E-state index contributed by atoms with van der Waals surface area (Å²) in [6.45, 7) is 2.82. The van der Waals surface area contributed by atoms with E-state index in [0.29, 0.717) is 18.1 Å². The summed E-state index contributed by atoms with van der Waals surface area (Å²) in [4.78, 5) is 15.0. The van der Waals surface area contributed by atoms with Crippen LogP contribution in [0.1, 0.15) is 22.2 Å². The van der Waals surface area contributed by atoms with Gasteiger partial charge in [-0.15, -0.1) is 11.3 Å². The van der Waals surface area contributed by atoms with Crippen LogP contribution in [0.3, 0.4) is 0 Å². The zero-order valence-corrected chi connectivity index (χ0v) is 13.9. The number of thiophene rings is 1. The van der Waals surface area contributed by atoms with E-state index in [1.807, 2.05) is 19.1 Å². The Balaban J connectivity index is 2.22. The van der Waals surface area contributed by atoms with Crippen LogP contribution in [0.2, 0.25) is 5.02 Å². The van der Waals surface area contributed by atoms with Gasteiger partial charge in [0.05, 0.1) is 15.9 Å². The Morgan fingerprint density at radius 1 is 1.40 bits per heavy atom. The summed E-state index contributed by atoms with van der Waals surface area (Å²) in [7, 11) is 0. The third-order valence-corrected chi connectivity index (χ3v) is 4.65. The monoisotopic (exact) mass is 375 g/mol. The molecule has 0 atom stereocenters. The molecule has 0 N–H and O–H groups in total. The molecule has 1 heterocycles. The molecule has 1 aromatic carbocycles. The smallest absolute Gasteiger partial charge is 0.257 e. The minimum Gasteiger partial charge on any atom is -0.334 e. The van der Waals surface area contributed by atoms with Crippen LogP contribution >= 0.6 is 38.9 Å². The van der Waals surface area contributed by atoms with Gasteiger partial charge in [0, 0.05) is 16.4 Å². The van der Waals surface area contributed by atoms with Crippen LogP contribution in [0.5, 0.6) is 0 Å². The molecule has 106 valence electrons. The van der Waals surface area contributed by atoms with Crippen molar-refractivity contribution in [1.82, 2.24) is 4.90 Å². The van der Waals surface area contributed by atoms with Gasteiger partial charge in [-0.3, -0.25) is 4.79 Å². The molecule has 1 amide bonds. The van der Waals surface area contributed by atoms with E-state index < -0.39 is 5.82 Å². The zero-order valence-electron chi connectivity index (χ0n) is 10.7. The molecule has 20 heavy (non-hydrogen) atoms. The molecule has 0 aliphatic carbocycles. The number of amides is 1. The molecule has 0 radical (unpaired) electrons. The highest BCUT2D eigenvalue weighted by atomic mass is 79.9. The summed E-state index contributed by atoms with van der Waals surface area (Å²) in [6, 6.07) is 7.88. The van der Waals surface area contributed by atoms with Crippen molar-refractivity contribution in [2.24, 2.45) is 0 Å². The third-order valence-electron chi connectivity index (χ3n) is 2.80. The highest BCUT2D eigenvalue weighted by Crippen LogP contribution is 2.24. The molecule has 2 nitrogen and oxygen atoms in total. The highest BCUT2D eigenvalue weighted by molar-refractivity contribution is 9.11. The Morgan fingerprint density at radius 2 is 2.15 bits per heavy atom. The Morgan fingerprint density at radius 3 is 2.75 bits per heavy atom. The van der Waals surface area contributed by atoms with Crippen molar-refractivity contribution in [3.05, 3.63) is 55.4 Å². The standard InChI is InChI=1S/C14H12BrClFNOS/c1-2-18(8-10-4-6-13(15)20-10)14(19)11-7-9(16)3-5-12(11)17/h3-7H,2,8H2,1H3. The van der Waals surface area contributed by atoms with Crippen molar-refractivity contribution >= 4 is 44.8 Å². The van der Waals surface area contributed by atoms with Gasteiger partial charge in [0.1, 0.15) is 5.82 Å². The van der Waals surface area contributed by atoms with E-state index in [9.17, 15) is 9.18 Å². The van der Waals surface area contributed by atoms with Gasteiger partial charge in [-0.1, -0.05) is 11.6 Å². The largest absolute Gasteiger partial charge is 0.334 e. The molecule has 0 bridgehead atoms. The maximum absolute atomic E-state index is 13.7. The second-order valence-electron chi connectivity index (χ2n) is 4.15. The fourth-order valence-corrected chi connectivity index (χ4v) is 3.45. The fraction of sp³-hybridized carbons (Fsp3) is 0.214. The molecule has 0 spiro atoms. The van der Waals surface area contributed by atoms with E-state index >= 15 is 0 Å². The summed E-state index contributed by atoms with van der Waals surface area (Å²) < 4.78 is 14.8. The number of hydrogen-bond acceptors (Lipinski definition) is 2. The van der Waals surface area contributed by atoms with Crippen molar-refractivity contribution in [2.45, 2.75) is 13.5 Å². The van der Waals surface area contributed by atoms with Crippen LogP contribution in [0, 0.1) is 5.82 Å². The van der Waals surface area contributed by atoms with Crippen LogP contribution < -0.4 is 0 Å². The first-order valence-corrected chi connectivity index (χ1v) is 7.98. The average Bonchev–Trinajstić information content (AvgIpc) is 2.83. The van der Waals surface area contributed by atoms with Crippen molar-refractivity contribution in [1.29, 1.82) is 0 Å². The molecule has 0 unspecified atom stereocenters. The predicted molar refractivity (Wildman–Crippen MR) is 83.8 cm³/mol. The topological polar surface area (TPSA) is 20.3 Å². The first-order valence-electron chi connectivity index (χ1n) is 5.99. The molecule has 2 aromatic rings. The van der Waals surface area contributed by atoms with E-state index in [0.717, 1.165) is 8.66 Å². The average molecular weight is 377 g/mol. The first kappa shape index (κ1) is 15.5. The van der Waals surface area contributed by atoms with Gasteiger partial charge in [-0.2, -0.15) is 0 Å². The van der Waals surface area contributed by atoms with Gasteiger partial charge in [-0.05, 0) is 53.2 Å². The second-order valence-corrected chi connectivity index (χ2v) is 7.13. The Bertz CT molecular complexity index is 631. The summed E-state index contributed by atoms with van der Waals surface area (Å²) in [5.74, 6) is -0.901. The SMILES string of the molecule is CCN(Cc1ccc(Br)s1)C(=O)c1cc(Cl)ccc1F. The Kier molecular flexibility index (Phi) is 5.18. The van der Waals surface area contributed by atoms with Crippen molar-refractivity contribution in [3.63, 3.8) is 0 Å². The maximum atomic E-state index is 13.7. The lowest BCUT2D eigenvalue weighted by atomic mass is 10.2. The van der Waals surface area contributed by atoms with Crippen LogP contribution in [-0.2, 0) is 6.54 Å². The van der Waals surface area contributed by atoms with Crippen LogP contribution in [-0.4, -0.2) is 17.4 Å². The van der Waals surface area contributed by atoms with Crippen LogP contribution in [0.15, 0.2) is 34.1 Å². The summed E-state index contributed by atoms with van der Waals surface area (Å²) >= 11 is 10.8. The molecule has 6 heteroatoms. The summed E-state index contributed by atoms with van der Waals surface area (Å²) in [6.07, 6.45) is 0. The minimum absolute atomic E-state index is 0.00923. The minimum atomic E-state index is -0.551. The Hall–Kier alpha value is -0.910. The van der Waals surface area contributed by atoms with Gasteiger partial charge >= 0.3 is 0 Å². The van der Waals surface area contributed by atoms with E-state index in [4.69, 9.17) is 11.6 Å². The lowest BCUT2D eigenvalue weighted by Crippen LogP contribution is -2.30. The fourth-order valence-electron chi connectivity index (χ4n) is 1.78. The van der Waals surface area contributed by atoms with Crippen molar-refractivity contribution in [2.75, 3.05) is 6.54 Å². The zero-order chi connectivity index (χ0) is 14.7. The predicted octanol–water partition coefficient (Wildman–Crippen LogP) is 4.97. The normalized spacial score (nSPS) is 10.6. The number of carbonyl (C=O) groups excluding carboxylic acids is 1. The molecule has 0 saturated heterocycles. The summed E-state index contributed by atoms with van der Waals surface area (Å²) in [5.41, 5.74) is 0.00923. The number of hydrogen-bond donors (Lipinski definition) is 0. The highest BCUT2D eigenvalue weighted by Gasteiger charge is 2.19. The van der Waals surface area contributed by atoms with Crippen LogP contribution in [0.4, 0.5) is 4.39 Å². The number of rotatable bonds is 4. The third kappa shape index (κ3) is 3.59. The van der Waals surface area contributed by atoms with E-state index in [-0.39, 0.29) is 11.5 Å². The molecule has 0 aliphatic heterocycles. The molecular formula is C14H12BrClFNOS. The molecule has 0 aliphatic rings. The molecule has 0 saturated carbocycles. The van der Waals surface area contributed by atoms with Crippen molar-refractivity contribution in [3.8, 4) is 0 Å². The Labute approximate surface area is 134 Å². The number of benzene rings is 1. The molecular weight excluding hydrogens is 365 g/mol. The first-order chi connectivity index (χ1) is 9.51. The van der Waals surface area contributed by atoms with E-state index in [1.54, 1.807) is 16.2 Å². The van der Waals surface area contributed by atoms with Crippen LogP contribution in [0.25, 0.3) is 0 Å². The van der Waals surface area contributed by atoms with Gasteiger partial charge in [-0.25, -0.2) is 4.39 Å². The van der Waals surface area contributed by atoms with Crippen molar-refractivity contribution < 1.29 is 9.18 Å². The molecule has 0 fully saturated rings. The lowest BCUT2D eigenvalue weighted by molar-refractivity contribution is 0.0749. The van der Waals surface area contributed by atoms with Gasteiger partial charge in [0.15, 0.2) is 0 Å². The second kappa shape index (κ2) is 6.70. The van der Waals surface area contributed by atoms with E-state index in [2.05, 4.69) is 15.9 Å². The van der Waals surface area contributed by atoms with Gasteiger partial charge < -0.3 is 4.90 Å². The summed E-state index contributed by atoms with van der Waals surface area (Å²) in [5, 5.41) is 0.352. The molecule has 1 aromatic heterocycles. The quantitative estimate of drug-likeness (QED) is 0.738. The maximum Gasteiger partial charge on any atom is 0.257 e. The van der Waals surface area contributed by atoms with E-state index in [1.165, 1.54) is 18.2 Å². The number of nitrogens with zero attached hydrogens (tertiary/aromatic N) is 1. The molecule has 2 rings (SSSR count). The van der Waals surface area contributed by atoms with Gasteiger partial charge in [0.2, 0.25) is 0 Å². The van der Waals surface area contributed by atoms with Gasteiger partial charge in [0.25, 0.3) is 5.91 Å². The number of carbonyl (C=O) groups is 1. The number of halogens is 3. The lowest BCUT2D eigenvalue weighted by Gasteiger charge is -2.20.